The molecule has 234 valence electrons. The van der Waals surface area contributed by atoms with Crippen molar-refractivity contribution in [3.8, 4) is 0 Å². The van der Waals surface area contributed by atoms with Crippen LogP contribution < -0.4 is 21.3 Å². The number of likely N-dealkylation sites (tertiary alicyclic amines) is 1. The highest BCUT2D eigenvalue weighted by molar-refractivity contribution is 6.12. The Morgan fingerprint density at radius 2 is 1.88 bits per heavy atom. The standard InChI is InChI=1S/C32H46F2N8O/c1-21(43)41-15-9-29(39-24-7-13-40(14-8-24)25-5-10-38-11-6-25)28(20-41)32(36)42-12-3-4-22-16-26(23(18-35)19-37-2)27(31(33)34)17-30(22)42/h16-19,24-25,31,36,38-39H,3-15,20,35H2,1-2H3. The van der Waals surface area contributed by atoms with Gasteiger partial charge in [0.05, 0.1) is 6.54 Å². The van der Waals surface area contributed by atoms with E-state index < -0.39 is 6.43 Å². The van der Waals surface area contributed by atoms with Crippen molar-refractivity contribution in [2.24, 2.45) is 10.7 Å². The van der Waals surface area contributed by atoms with Crippen molar-refractivity contribution in [2.45, 2.75) is 70.4 Å². The zero-order valence-electron chi connectivity index (χ0n) is 25.5. The van der Waals surface area contributed by atoms with Crippen molar-refractivity contribution < 1.29 is 13.6 Å². The van der Waals surface area contributed by atoms with Crippen molar-refractivity contribution in [1.82, 2.24) is 20.4 Å². The highest BCUT2D eigenvalue weighted by Crippen LogP contribution is 2.38. The van der Waals surface area contributed by atoms with Gasteiger partial charge in [0.25, 0.3) is 6.43 Å². The summed E-state index contributed by atoms with van der Waals surface area (Å²) in [5, 5.41) is 16.7. The minimum absolute atomic E-state index is 0.0259. The van der Waals surface area contributed by atoms with Crippen LogP contribution in [0.3, 0.4) is 0 Å². The Hall–Kier alpha value is -3.31. The van der Waals surface area contributed by atoms with Crippen LogP contribution in [-0.4, -0.2) is 92.7 Å². The summed E-state index contributed by atoms with van der Waals surface area (Å²) in [6.45, 7) is 7.34. The van der Waals surface area contributed by atoms with Crippen LogP contribution in [0, 0.1) is 5.41 Å². The number of aliphatic imine (C=N–C) groups is 1. The van der Waals surface area contributed by atoms with Gasteiger partial charge in [-0.05, 0) is 74.9 Å². The van der Waals surface area contributed by atoms with Crippen LogP contribution in [0.2, 0.25) is 0 Å². The lowest BCUT2D eigenvalue weighted by molar-refractivity contribution is -0.128. The third kappa shape index (κ3) is 6.93. The average Bonchev–Trinajstić information content (AvgIpc) is 3.03. The lowest BCUT2D eigenvalue weighted by atomic mass is 9.91. The van der Waals surface area contributed by atoms with Gasteiger partial charge in [0.1, 0.15) is 5.84 Å². The number of halogens is 2. The van der Waals surface area contributed by atoms with E-state index in [1.807, 2.05) is 4.90 Å². The fraction of sp³-hybridized carbons (Fsp3) is 0.594. The van der Waals surface area contributed by atoms with E-state index in [2.05, 4.69) is 20.5 Å². The minimum Gasteiger partial charge on any atom is -0.404 e. The van der Waals surface area contributed by atoms with Crippen molar-refractivity contribution in [1.29, 1.82) is 5.41 Å². The van der Waals surface area contributed by atoms with Gasteiger partial charge in [-0.25, -0.2) is 8.78 Å². The van der Waals surface area contributed by atoms with Gasteiger partial charge in [0.2, 0.25) is 5.91 Å². The molecule has 0 unspecified atom stereocenters. The summed E-state index contributed by atoms with van der Waals surface area (Å²) in [7, 11) is 1.58. The van der Waals surface area contributed by atoms with E-state index in [4.69, 9.17) is 5.73 Å². The number of nitrogens with two attached hydrogens (primary N) is 1. The smallest absolute Gasteiger partial charge is 0.264 e. The molecule has 2 saturated heterocycles. The van der Waals surface area contributed by atoms with Crippen LogP contribution >= 0.6 is 0 Å². The lowest BCUT2D eigenvalue weighted by Crippen LogP contribution is -2.51. The number of rotatable bonds is 7. The maximum Gasteiger partial charge on any atom is 0.264 e. The molecule has 1 amide bonds. The van der Waals surface area contributed by atoms with Gasteiger partial charge in [-0.1, -0.05) is 0 Å². The predicted octanol–water partition coefficient (Wildman–Crippen LogP) is 3.67. The third-order valence-corrected chi connectivity index (χ3v) is 9.44. The maximum absolute atomic E-state index is 14.4. The Morgan fingerprint density at radius 3 is 2.53 bits per heavy atom. The van der Waals surface area contributed by atoms with Crippen LogP contribution in [0.1, 0.15) is 68.6 Å². The number of hydrogen-bond donors (Lipinski definition) is 4. The van der Waals surface area contributed by atoms with E-state index in [9.17, 15) is 19.0 Å². The Bertz CT molecular complexity index is 1280. The summed E-state index contributed by atoms with van der Waals surface area (Å²) in [6, 6.07) is 4.27. The third-order valence-electron chi connectivity index (χ3n) is 9.44. The number of allylic oxidation sites excluding steroid dienone is 1. The molecular formula is C32H46F2N8O. The Morgan fingerprint density at radius 1 is 1.14 bits per heavy atom. The molecule has 4 aliphatic heterocycles. The van der Waals surface area contributed by atoms with E-state index in [0.29, 0.717) is 55.0 Å². The monoisotopic (exact) mass is 596 g/mol. The van der Waals surface area contributed by atoms with Crippen molar-refractivity contribution in [2.75, 3.05) is 57.8 Å². The summed E-state index contributed by atoms with van der Waals surface area (Å²) < 4.78 is 28.7. The van der Waals surface area contributed by atoms with E-state index >= 15 is 0 Å². The highest BCUT2D eigenvalue weighted by atomic mass is 19.3. The zero-order valence-corrected chi connectivity index (χ0v) is 25.5. The highest BCUT2D eigenvalue weighted by Gasteiger charge is 2.32. The predicted molar refractivity (Wildman–Crippen MR) is 169 cm³/mol. The first-order chi connectivity index (χ1) is 20.8. The van der Waals surface area contributed by atoms with Crippen molar-refractivity contribution in [3.05, 3.63) is 46.3 Å². The van der Waals surface area contributed by atoms with Gasteiger partial charge in [0.15, 0.2) is 0 Å². The van der Waals surface area contributed by atoms with Crippen molar-refractivity contribution >= 4 is 29.2 Å². The molecule has 0 radical (unpaired) electrons. The summed E-state index contributed by atoms with van der Waals surface area (Å²) >= 11 is 0. The number of benzene rings is 1. The van der Waals surface area contributed by atoms with Gasteiger partial charge in [-0.15, -0.1) is 0 Å². The minimum atomic E-state index is -2.71. The van der Waals surface area contributed by atoms with Gasteiger partial charge >= 0.3 is 0 Å². The fourth-order valence-corrected chi connectivity index (χ4v) is 7.05. The van der Waals surface area contributed by atoms with E-state index in [1.165, 1.54) is 31.3 Å². The maximum atomic E-state index is 14.4. The number of amidine groups is 1. The number of nitrogens with one attached hydrogen (secondary N) is 3. The molecule has 43 heavy (non-hydrogen) atoms. The topological polar surface area (TPSA) is 113 Å². The number of nitrogens with zero attached hydrogens (tertiary/aromatic N) is 4. The van der Waals surface area contributed by atoms with Crippen LogP contribution in [0.15, 0.2) is 34.6 Å². The van der Waals surface area contributed by atoms with Crippen LogP contribution in [0.25, 0.3) is 5.57 Å². The van der Waals surface area contributed by atoms with Crippen LogP contribution in [0.4, 0.5) is 14.5 Å². The number of amides is 1. The molecule has 0 aliphatic carbocycles. The molecule has 5 rings (SSSR count). The number of aryl methyl sites for hydroxylation is 1. The fourth-order valence-electron chi connectivity index (χ4n) is 7.05. The largest absolute Gasteiger partial charge is 0.404 e. The zero-order chi connectivity index (χ0) is 30.5. The van der Waals surface area contributed by atoms with E-state index in [-0.39, 0.29) is 17.3 Å². The number of anilines is 1. The molecule has 0 atom stereocenters. The number of piperidine rings is 2. The first-order valence-electron chi connectivity index (χ1n) is 15.6. The average molecular weight is 597 g/mol. The van der Waals surface area contributed by atoms with Crippen LogP contribution in [-0.2, 0) is 11.2 Å². The molecule has 4 heterocycles. The molecule has 0 spiro atoms. The molecule has 5 N–H and O–H groups in total. The summed E-state index contributed by atoms with van der Waals surface area (Å²) in [4.78, 5) is 22.7. The van der Waals surface area contributed by atoms with Gasteiger partial charge in [-0.3, -0.25) is 15.2 Å². The normalized spacial score (nSPS) is 21.6. The van der Waals surface area contributed by atoms with Gasteiger partial charge < -0.3 is 31.1 Å². The molecule has 1 aromatic rings. The van der Waals surface area contributed by atoms with E-state index in [0.717, 1.165) is 68.7 Å². The number of hydrogen-bond acceptors (Lipinski definition) is 7. The number of carbonyl (C=O) groups excluding carboxylic acids is 1. The molecule has 0 saturated carbocycles. The molecule has 9 nitrogen and oxygen atoms in total. The summed E-state index contributed by atoms with van der Waals surface area (Å²) in [5.74, 6) is 0.251. The molecule has 4 aliphatic rings. The summed E-state index contributed by atoms with van der Waals surface area (Å²) in [6.07, 6.45) is 6.72. The molecule has 0 aromatic heterocycles. The second-order valence-corrected chi connectivity index (χ2v) is 12.1. The quantitative estimate of drug-likeness (QED) is 0.282. The molecule has 2 fully saturated rings. The molecule has 1 aromatic carbocycles. The van der Waals surface area contributed by atoms with Gasteiger partial charge in [-0.2, -0.15) is 0 Å². The Labute approximate surface area is 253 Å². The Kier molecular flexibility index (Phi) is 10.1. The second-order valence-electron chi connectivity index (χ2n) is 12.1. The SMILES string of the molecule is CN=CC(=CN)c1cc2c(cc1C(F)F)N(C(=N)C1=C(NC3CCN(C4CCNCC4)CC3)CCN(C(C)=O)C1)CCC2. The van der Waals surface area contributed by atoms with E-state index in [1.54, 1.807) is 24.9 Å². The number of fused-ring (bicyclic) bond motifs is 1. The van der Waals surface area contributed by atoms with Crippen LogP contribution in [0.5, 0.6) is 0 Å². The summed E-state index contributed by atoms with van der Waals surface area (Å²) in [5.41, 5.74) is 9.79. The molecule has 11 heteroatoms. The molecular weight excluding hydrogens is 550 g/mol. The lowest BCUT2D eigenvalue weighted by Gasteiger charge is -2.41. The first kappa shape index (κ1) is 31.1. The number of alkyl halides is 2. The Balaban J connectivity index is 1.41. The number of carbonyl (C=O) groups is 1. The first-order valence-corrected chi connectivity index (χ1v) is 15.6. The second kappa shape index (κ2) is 14.0. The van der Waals surface area contributed by atoms with Crippen molar-refractivity contribution in [3.63, 3.8) is 0 Å². The van der Waals surface area contributed by atoms with Gasteiger partial charge in [0, 0.05) is 99.2 Å². The molecule has 0 bridgehead atoms.